The number of nitrogens with zero attached hydrogens (tertiary/aromatic N) is 3. The number of nitrogens with one attached hydrogen (secondary N) is 2. The summed E-state index contributed by atoms with van der Waals surface area (Å²) < 4.78 is 0. The van der Waals surface area contributed by atoms with E-state index in [9.17, 15) is 4.79 Å². The molecule has 0 aliphatic carbocycles. The average molecular weight is 493 g/mol. The van der Waals surface area contributed by atoms with Crippen LogP contribution in [0.4, 0.5) is 0 Å². The topological polar surface area (TPSA) is 69.6 Å². The van der Waals surface area contributed by atoms with Crippen LogP contribution in [0.15, 0.2) is 59.7 Å². The van der Waals surface area contributed by atoms with Crippen molar-refractivity contribution < 1.29 is 4.79 Å². The van der Waals surface area contributed by atoms with E-state index >= 15 is 0 Å². The number of aliphatic imine (C=N–C) groups is 1. The van der Waals surface area contributed by atoms with E-state index in [1.165, 1.54) is 5.56 Å². The summed E-state index contributed by atoms with van der Waals surface area (Å²) in [6, 6.07) is 16.1. The Morgan fingerprint density at radius 1 is 1.18 bits per heavy atom. The first kappa shape index (κ1) is 22.1. The van der Waals surface area contributed by atoms with Crippen LogP contribution in [-0.4, -0.2) is 48.4 Å². The van der Waals surface area contributed by atoms with Gasteiger partial charge in [-0.1, -0.05) is 36.4 Å². The molecule has 2 aromatic rings. The number of benzene rings is 1. The highest BCUT2D eigenvalue weighted by Gasteiger charge is 2.29. The number of hydrogen-bond donors (Lipinski definition) is 2. The minimum absolute atomic E-state index is 0. The summed E-state index contributed by atoms with van der Waals surface area (Å²) >= 11 is 0. The van der Waals surface area contributed by atoms with Crippen molar-refractivity contribution in [2.24, 2.45) is 10.9 Å². The third-order valence-corrected chi connectivity index (χ3v) is 4.75. The van der Waals surface area contributed by atoms with Crippen LogP contribution >= 0.6 is 24.0 Å². The van der Waals surface area contributed by atoms with Crippen molar-refractivity contribution in [2.75, 3.05) is 26.7 Å². The van der Waals surface area contributed by atoms with Crippen LogP contribution in [0.3, 0.4) is 0 Å². The molecule has 1 saturated heterocycles. The molecule has 150 valence electrons. The fraction of sp³-hybridized carbons (Fsp3) is 0.381. The number of carbonyl (C=O) groups excluding carboxylic acids is 1. The number of aromatic nitrogens is 1. The zero-order valence-electron chi connectivity index (χ0n) is 16.2. The van der Waals surface area contributed by atoms with Gasteiger partial charge in [0.25, 0.3) is 0 Å². The number of amides is 1. The van der Waals surface area contributed by atoms with Crippen LogP contribution in [0.1, 0.15) is 17.7 Å². The average Bonchev–Trinajstić information content (AvgIpc) is 3.07. The van der Waals surface area contributed by atoms with Gasteiger partial charge in [-0.05, 0) is 24.1 Å². The first-order chi connectivity index (χ1) is 13.2. The van der Waals surface area contributed by atoms with Gasteiger partial charge in [-0.25, -0.2) is 0 Å². The molecule has 1 atom stereocenters. The predicted octanol–water partition coefficient (Wildman–Crippen LogP) is 2.46. The number of rotatable bonds is 7. The van der Waals surface area contributed by atoms with E-state index in [0.29, 0.717) is 18.9 Å². The number of carbonyl (C=O) groups is 1. The second-order valence-electron chi connectivity index (χ2n) is 6.77. The molecule has 1 amide bonds. The molecular formula is C21H28IN5O. The molecule has 2 N–H and O–H groups in total. The zero-order valence-corrected chi connectivity index (χ0v) is 18.5. The van der Waals surface area contributed by atoms with Crippen LogP contribution in [0, 0.1) is 5.92 Å². The van der Waals surface area contributed by atoms with Crippen molar-refractivity contribution in [3.8, 4) is 0 Å². The molecule has 2 heterocycles. The lowest BCUT2D eigenvalue weighted by Crippen LogP contribution is -2.40. The highest BCUT2D eigenvalue weighted by atomic mass is 127. The molecular weight excluding hydrogens is 465 g/mol. The van der Waals surface area contributed by atoms with Crippen molar-refractivity contribution in [1.82, 2.24) is 20.5 Å². The van der Waals surface area contributed by atoms with E-state index in [-0.39, 0.29) is 29.9 Å². The molecule has 3 rings (SSSR count). The van der Waals surface area contributed by atoms with Gasteiger partial charge in [0.15, 0.2) is 5.96 Å². The molecule has 0 saturated carbocycles. The lowest BCUT2D eigenvalue weighted by Gasteiger charge is -2.18. The Labute approximate surface area is 183 Å². The van der Waals surface area contributed by atoms with Gasteiger partial charge in [0.2, 0.25) is 5.91 Å². The predicted molar refractivity (Wildman–Crippen MR) is 123 cm³/mol. The maximum atomic E-state index is 12.3. The van der Waals surface area contributed by atoms with Crippen LogP contribution in [-0.2, 0) is 17.8 Å². The second-order valence-corrected chi connectivity index (χ2v) is 6.77. The lowest BCUT2D eigenvalue weighted by molar-refractivity contribution is -0.127. The minimum atomic E-state index is 0. The third kappa shape index (κ3) is 6.78. The zero-order chi connectivity index (χ0) is 18.9. The van der Waals surface area contributed by atoms with Gasteiger partial charge in [-0.2, -0.15) is 0 Å². The van der Waals surface area contributed by atoms with Gasteiger partial charge < -0.3 is 15.5 Å². The van der Waals surface area contributed by atoms with Gasteiger partial charge in [0.05, 0.1) is 12.2 Å². The van der Waals surface area contributed by atoms with Crippen molar-refractivity contribution >= 4 is 35.8 Å². The molecule has 7 heteroatoms. The monoisotopic (exact) mass is 493 g/mol. The van der Waals surface area contributed by atoms with E-state index < -0.39 is 0 Å². The molecule has 6 nitrogen and oxygen atoms in total. The van der Waals surface area contributed by atoms with E-state index in [1.54, 1.807) is 13.2 Å². The fourth-order valence-corrected chi connectivity index (χ4v) is 3.25. The fourth-order valence-electron chi connectivity index (χ4n) is 3.25. The number of hydrogen-bond acceptors (Lipinski definition) is 3. The Kier molecular flexibility index (Phi) is 9.19. The van der Waals surface area contributed by atoms with Crippen LogP contribution < -0.4 is 10.6 Å². The van der Waals surface area contributed by atoms with Gasteiger partial charge in [-0.3, -0.25) is 14.8 Å². The lowest BCUT2D eigenvalue weighted by atomic mass is 10.1. The Morgan fingerprint density at radius 3 is 2.68 bits per heavy atom. The summed E-state index contributed by atoms with van der Waals surface area (Å²) in [5.74, 6) is 1.28. The van der Waals surface area contributed by atoms with E-state index in [4.69, 9.17) is 0 Å². The third-order valence-electron chi connectivity index (χ3n) is 4.75. The molecule has 1 aliphatic heterocycles. The summed E-state index contributed by atoms with van der Waals surface area (Å²) in [4.78, 5) is 22.8. The Hall–Kier alpha value is -2.16. The normalized spacial score (nSPS) is 16.6. The van der Waals surface area contributed by atoms with Crippen LogP contribution in [0.2, 0.25) is 0 Å². The standard InChI is InChI=1S/C21H27N5O.HI/c1-22-21(25-15-19-9-5-6-11-23-19)24-14-18-13-20(27)26(16-18)12-10-17-7-3-2-4-8-17;/h2-9,11,18H,10,12-16H2,1H3,(H2,22,24,25);1H. The van der Waals surface area contributed by atoms with Crippen molar-refractivity contribution in [2.45, 2.75) is 19.4 Å². The molecule has 1 aromatic heterocycles. The van der Waals surface area contributed by atoms with Crippen molar-refractivity contribution in [3.05, 3.63) is 66.0 Å². The molecule has 1 unspecified atom stereocenters. The second kappa shape index (κ2) is 11.6. The van der Waals surface area contributed by atoms with Gasteiger partial charge in [0, 0.05) is 45.2 Å². The highest BCUT2D eigenvalue weighted by Crippen LogP contribution is 2.17. The van der Waals surface area contributed by atoms with Crippen LogP contribution in [0.25, 0.3) is 0 Å². The molecule has 28 heavy (non-hydrogen) atoms. The summed E-state index contributed by atoms with van der Waals surface area (Å²) in [5, 5.41) is 6.59. The minimum Gasteiger partial charge on any atom is -0.356 e. The summed E-state index contributed by atoms with van der Waals surface area (Å²) in [7, 11) is 1.75. The number of guanidine groups is 1. The maximum absolute atomic E-state index is 12.3. The summed E-state index contributed by atoms with van der Waals surface area (Å²) in [6.07, 6.45) is 3.28. The van der Waals surface area contributed by atoms with E-state index in [1.807, 2.05) is 41.3 Å². The molecule has 0 spiro atoms. The first-order valence-corrected chi connectivity index (χ1v) is 9.40. The quantitative estimate of drug-likeness (QED) is 0.353. The molecule has 1 fully saturated rings. The molecule has 1 aliphatic rings. The number of likely N-dealkylation sites (tertiary alicyclic amines) is 1. The maximum Gasteiger partial charge on any atom is 0.223 e. The summed E-state index contributed by atoms with van der Waals surface area (Å²) in [6.45, 7) is 2.94. The van der Waals surface area contributed by atoms with Crippen molar-refractivity contribution in [1.29, 1.82) is 0 Å². The molecule has 0 radical (unpaired) electrons. The molecule has 1 aromatic carbocycles. The highest BCUT2D eigenvalue weighted by molar-refractivity contribution is 14.0. The Balaban J connectivity index is 0.00000280. The van der Waals surface area contributed by atoms with Crippen LogP contribution in [0.5, 0.6) is 0 Å². The van der Waals surface area contributed by atoms with E-state index in [0.717, 1.165) is 37.7 Å². The van der Waals surface area contributed by atoms with Crippen molar-refractivity contribution in [3.63, 3.8) is 0 Å². The number of halogens is 1. The smallest absolute Gasteiger partial charge is 0.223 e. The van der Waals surface area contributed by atoms with E-state index in [2.05, 4.69) is 32.7 Å². The van der Waals surface area contributed by atoms with Gasteiger partial charge in [-0.15, -0.1) is 24.0 Å². The molecule has 0 bridgehead atoms. The Bertz CT molecular complexity index is 754. The summed E-state index contributed by atoms with van der Waals surface area (Å²) in [5.41, 5.74) is 2.23. The SMILES string of the molecule is CN=C(NCc1ccccn1)NCC1CC(=O)N(CCc2ccccc2)C1.I. The van der Waals surface area contributed by atoms with Gasteiger partial charge in [0.1, 0.15) is 0 Å². The van der Waals surface area contributed by atoms with Gasteiger partial charge >= 0.3 is 0 Å². The Morgan fingerprint density at radius 2 is 1.96 bits per heavy atom. The number of pyridine rings is 1. The largest absolute Gasteiger partial charge is 0.356 e. The first-order valence-electron chi connectivity index (χ1n) is 9.40.